The highest BCUT2D eigenvalue weighted by atomic mass is 32.2. The Morgan fingerprint density at radius 1 is 1.35 bits per heavy atom. The fourth-order valence-corrected chi connectivity index (χ4v) is 2.27. The first-order chi connectivity index (χ1) is 8.24. The van der Waals surface area contributed by atoms with Gasteiger partial charge in [0.2, 0.25) is 0 Å². The monoisotopic (exact) mass is 248 g/mol. The van der Waals surface area contributed by atoms with Crippen molar-refractivity contribution in [1.29, 1.82) is 5.26 Å². The molecule has 0 aliphatic heterocycles. The second kappa shape index (κ2) is 6.97. The Labute approximate surface area is 106 Å². The van der Waals surface area contributed by atoms with Crippen molar-refractivity contribution < 1.29 is 4.79 Å². The summed E-state index contributed by atoms with van der Waals surface area (Å²) in [7, 11) is 0. The molecule has 0 spiro atoms. The smallest absolute Gasteiger partial charge is 0.254 e. The van der Waals surface area contributed by atoms with Crippen LogP contribution in [-0.2, 0) is 0 Å². The number of hydrogen-bond donors (Lipinski definition) is 0. The summed E-state index contributed by atoms with van der Waals surface area (Å²) in [4.78, 5) is 14.9. The number of benzene rings is 1. The van der Waals surface area contributed by atoms with Crippen molar-refractivity contribution in [2.24, 2.45) is 0 Å². The van der Waals surface area contributed by atoms with Crippen LogP contribution in [0, 0.1) is 11.3 Å². The van der Waals surface area contributed by atoms with Crippen LogP contribution in [0.5, 0.6) is 0 Å². The van der Waals surface area contributed by atoms with E-state index in [-0.39, 0.29) is 5.91 Å². The summed E-state index contributed by atoms with van der Waals surface area (Å²) in [6.45, 7) is 5.33. The first kappa shape index (κ1) is 13.6. The molecule has 0 fully saturated rings. The zero-order valence-electron chi connectivity index (χ0n) is 10.1. The zero-order chi connectivity index (χ0) is 12.7. The van der Waals surface area contributed by atoms with Gasteiger partial charge in [-0.1, -0.05) is 12.1 Å². The minimum absolute atomic E-state index is 0.0380. The summed E-state index contributed by atoms with van der Waals surface area (Å²) < 4.78 is 0. The van der Waals surface area contributed by atoms with Crippen molar-refractivity contribution in [2.45, 2.75) is 18.7 Å². The van der Waals surface area contributed by atoms with E-state index in [1.807, 2.05) is 38.1 Å². The molecule has 0 aromatic heterocycles. The van der Waals surface area contributed by atoms with Crippen LogP contribution in [0.3, 0.4) is 0 Å². The van der Waals surface area contributed by atoms with Gasteiger partial charge in [0, 0.05) is 18.0 Å². The molecule has 0 heterocycles. The van der Waals surface area contributed by atoms with Gasteiger partial charge in [0.25, 0.3) is 5.91 Å². The molecule has 1 aromatic carbocycles. The summed E-state index contributed by atoms with van der Waals surface area (Å²) in [6.07, 6.45) is 0. The maximum atomic E-state index is 12.2. The van der Waals surface area contributed by atoms with E-state index in [9.17, 15) is 4.79 Å². The number of nitrogens with zero attached hydrogens (tertiary/aromatic N) is 2. The largest absolute Gasteiger partial charge is 0.339 e. The third-order valence-corrected chi connectivity index (χ3v) is 3.40. The first-order valence-electron chi connectivity index (χ1n) is 5.62. The van der Waals surface area contributed by atoms with Crippen molar-refractivity contribution in [3.63, 3.8) is 0 Å². The molecule has 0 bridgehead atoms. The van der Waals surface area contributed by atoms with Crippen LogP contribution < -0.4 is 0 Å². The van der Waals surface area contributed by atoms with E-state index in [0.29, 0.717) is 24.4 Å². The van der Waals surface area contributed by atoms with Gasteiger partial charge >= 0.3 is 0 Å². The molecule has 0 saturated heterocycles. The Morgan fingerprint density at radius 3 is 2.59 bits per heavy atom. The lowest BCUT2D eigenvalue weighted by Crippen LogP contribution is -2.30. The maximum Gasteiger partial charge on any atom is 0.254 e. The summed E-state index contributed by atoms with van der Waals surface area (Å²) in [5.41, 5.74) is 0.691. The summed E-state index contributed by atoms with van der Waals surface area (Å²) in [5.74, 6) is 0.402. The highest BCUT2D eigenvalue weighted by Gasteiger charge is 2.15. The van der Waals surface area contributed by atoms with Crippen molar-refractivity contribution in [3.05, 3.63) is 29.8 Å². The van der Waals surface area contributed by atoms with Crippen molar-refractivity contribution in [2.75, 3.05) is 18.8 Å². The predicted octanol–water partition coefficient (Wildman–Crippen LogP) is 2.78. The van der Waals surface area contributed by atoms with Gasteiger partial charge in [-0.25, -0.2) is 0 Å². The highest BCUT2D eigenvalue weighted by molar-refractivity contribution is 7.99. The zero-order valence-corrected chi connectivity index (χ0v) is 11.0. The number of amides is 1. The van der Waals surface area contributed by atoms with Crippen LogP contribution >= 0.6 is 11.8 Å². The molecule has 0 unspecified atom stereocenters. The molecule has 1 aromatic rings. The van der Waals surface area contributed by atoms with Crippen molar-refractivity contribution >= 4 is 17.7 Å². The van der Waals surface area contributed by atoms with E-state index in [1.54, 1.807) is 4.90 Å². The fraction of sp³-hybridized carbons (Fsp3) is 0.385. The molecule has 0 atom stereocenters. The highest BCUT2D eigenvalue weighted by Crippen LogP contribution is 2.23. The molecule has 0 radical (unpaired) electrons. The van der Waals surface area contributed by atoms with E-state index in [2.05, 4.69) is 6.07 Å². The average Bonchev–Trinajstić information content (AvgIpc) is 2.38. The molecule has 1 rings (SSSR count). The Kier molecular flexibility index (Phi) is 5.58. The number of thioether (sulfide) groups is 1. The van der Waals surface area contributed by atoms with Gasteiger partial charge in [-0.05, 0) is 26.0 Å². The fourth-order valence-electron chi connectivity index (χ4n) is 1.56. The Bertz CT molecular complexity index is 422. The molecule has 17 heavy (non-hydrogen) atoms. The Hall–Kier alpha value is -1.47. The van der Waals surface area contributed by atoms with Gasteiger partial charge in [0.05, 0.1) is 17.4 Å². The van der Waals surface area contributed by atoms with Crippen LogP contribution in [0.1, 0.15) is 24.2 Å². The quantitative estimate of drug-likeness (QED) is 0.753. The molecule has 0 N–H and O–H groups in total. The normalized spacial score (nSPS) is 9.71. The van der Waals surface area contributed by atoms with Crippen LogP contribution in [0.4, 0.5) is 0 Å². The van der Waals surface area contributed by atoms with Gasteiger partial charge in [-0.3, -0.25) is 4.79 Å². The van der Waals surface area contributed by atoms with Crippen molar-refractivity contribution in [1.82, 2.24) is 4.90 Å². The maximum absolute atomic E-state index is 12.2. The molecular weight excluding hydrogens is 232 g/mol. The van der Waals surface area contributed by atoms with E-state index in [1.165, 1.54) is 11.8 Å². The van der Waals surface area contributed by atoms with Gasteiger partial charge in [-0.15, -0.1) is 11.8 Å². The van der Waals surface area contributed by atoms with E-state index in [0.717, 1.165) is 4.90 Å². The molecule has 3 nitrogen and oxygen atoms in total. The molecule has 90 valence electrons. The van der Waals surface area contributed by atoms with Gasteiger partial charge < -0.3 is 4.90 Å². The third-order valence-electron chi connectivity index (χ3n) is 2.46. The topological polar surface area (TPSA) is 44.1 Å². The Balaban J connectivity index is 2.96. The molecule has 0 aliphatic rings. The Morgan fingerprint density at radius 2 is 2.00 bits per heavy atom. The number of nitriles is 1. The SMILES string of the molecule is CCN(CC)C(=O)c1ccccc1SCC#N. The standard InChI is InChI=1S/C13H16N2OS/c1-3-15(4-2)13(16)11-7-5-6-8-12(11)17-10-9-14/h5-8H,3-4,10H2,1-2H3. The molecule has 0 saturated carbocycles. The van der Waals surface area contributed by atoms with Gasteiger partial charge in [0.1, 0.15) is 0 Å². The van der Waals surface area contributed by atoms with E-state index >= 15 is 0 Å². The van der Waals surface area contributed by atoms with Crippen molar-refractivity contribution in [3.8, 4) is 6.07 Å². The summed E-state index contributed by atoms with van der Waals surface area (Å²) >= 11 is 1.41. The minimum Gasteiger partial charge on any atom is -0.339 e. The van der Waals surface area contributed by atoms with E-state index in [4.69, 9.17) is 5.26 Å². The number of hydrogen-bond acceptors (Lipinski definition) is 3. The van der Waals surface area contributed by atoms with Gasteiger partial charge in [-0.2, -0.15) is 5.26 Å². The predicted molar refractivity (Wildman–Crippen MR) is 70.0 cm³/mol. The summed E-state index contributed by atoms with van der Waals surface area (Å²) in [6, 6.07) is 9.53. The minimum atomic E-state index is 0.0380. The van der Waals surface area contributed by atoms with Crippen LogP contribution in [0.2, 0.25) is 0 Å². The molecular formula is C13H16N2OS. The third kappa shape index (κ3) is 3.50. The molecule has 4 heteroatoms. The van der Waals surface area contributed by atoms with Crippen LogP contribution in [0.25, 0.3) is 0 Å². The van der Waals surface area contributed by atoms with E-state index < -0.39 is 0 Å². The average molecular weight is 248 g/mol. The summed E-state index contributed by atoms with van der Waals surface area (Å²) in [5, 5.41) is 8.59. The van der Waals surface area contributed by atoms with Crippen LogP contribution in [-0.4, -0.2) is 29.6 Å². The lowest BCUT2D eigenvalue weighted by molar-refractivity contribution is 0.0769. The lowest BCUT2D eigenvalue weighted by atomic mass is 10.2. The number of rotatable bonds is 5. The first-order valence-corrected chi connectivity index (χ1v) is 6.61. The van der Waals surface area contributed by atoms with Gasteiger partial charge in [0.15, 0.2) is 0 Å². The number of carbonyl (C=O) groups is 1. The second-order valence-electron chi connectivity index (χ2n) is 3.42. The lowest BCUT2D eigenvalue weighted by Gasteiger charge is -2.19. The second-order valence-corrected chi connectivity index (χ2v) is 4.44. The molecule has 1 amide bonds. The number of carbonyl (C=O) groups excluding carboxylic acids is 1. The van der Waals surface area contributed by atoms with Crippen LogP contribution in [0.15, 0.2) is 29.2 Å². The molecule has 0 aliphatic carbocycles.